The van der Waals surface area contributed by atoms with Gasteiger partial charge in [-0.3, -0.25) is 0 Å². The van der Waals surface area contributed by atoms with Crippen molar-refractivity contribution in [2.75, 3.05) is 12.4 Å². The first-order chi connectivity index (χ1) is 11.8. The predicted octanol–water partition coefficient (Wildman–Crippen LogP) is 3.42. The maximum absolute atomic E-state index is 6.02. The van der Waals surface area contributed by atoms with Crippen molar-refractivity contribution in [3.63, 3.8) is 0 Å². The summed E-state index contributed by atoms with van der Waals surface area (Å²) >= 11 is 0. The molecule has 3 aromatic heterocycles. The maximum atomic E-state index is 6.02. The Kier molecular flexibility index (Phi) is 2.71. The Morgan fingerprint density at radius 3 is 2.75 bits per heavy atom. The van der Waals surface area contributed by atoms with Crippen LogP contribution in [0.4, 0.5) is 5.82 Å². The van der Waals surface area contributed by atoms with E-state index in [0.717, 1.165) is 34.7 Å². The molecule has 6 nitrogen and oxygen atoms in total. The van der Waals surface area contributed by atoms with Gasteiger partial charge < -0.3 is 14.3 Å². The number of nitrogens with zero attached hydrogens (tertiary/aromatic N) is 4. The van der Waals surface area contributed by atoms with Gasteiger partial charge in [0.05, 0.1) is 6.33 Å². The molecular formula is C18H17N5O. The monoisotopic (exact) mass is 319 g/mol. The Morgan fingerprint density at radius 2 is 1.96 bits per heavy atom. The average molecular weight is 319 g/mol. The molecule has 0 aliphatic heterocycles. The summed E-state index contributed by atoms with van der Waals surface area (Å²) < 4.78 is 7.98. The average Bonchev–Trinajstić information content (AvgIpc) is 3.16. The zero-order valence-electron chi connectivity index (χ0n) is 13.5. The zero-order valence-corrected chi connectivity index (χ0v) is 13.5. The molecule has 2 atom stereocenters. The summed E-state index contributed by atoms with van der Waals surface area (Å²) in [5.74, 6) is 2.33. The Bertz CT molecular complexity index is 1050. The molecule has 0 spiro atoms. The largest absolute Gasteiger partial charge is 0.422 e. The van der Waals surface area contributed by atoms with Gasteiger partial charge in [0.2, 0.25) is 5.89 Å². The topological polar surface area (TPSA) is 68.8 Å². The molecule has 120 valence electrons. The molecule has 1 fully saturated rings. The standard InChI is InChI=1S/C18H17N5O/c1-19-16-13-15(23(2)9-20-13)14-18(22-16)24-17(21-14)12-8-11(12)10-6-4-3-5-7-10/h3-7,9,11-12H,8H2,1-2H3,(H,19,22)/t11-,12+/m0/s1. The van der Waals surface area contributed by atoms with Gasteiger partial charge in [0.25, 0.3) is 5.71 Å². The molecule has 1 saturated carbocycles. The summed E-state index contributed by atoms with van der Waals surface area (Å²) in [6, 6.07) is 10.5. The van der Waals surface area contributed by atoms with Crippen molar-refractivity contribution in [3.8, 4) is 0 Å². The Labute approximate surface area is 138 Å². The van der Waals surface area contributed by atoms with Crippen molar-refractivity contribution >= 4 is 28.1 Å². The molecule has 1 aliphatic carbocycles. The highest BCUT2D eigenvalue weighted by molar-refractivity contribution is 6.03. The Balaban J connectivity index is 1.62. The van der Waals surface area contributed by atoms with Gasteiger partial charge in [-0.05, 0) is 17.9 Å². The summed E-state index contributed by atoms with van der Waals surface area (Å²) in [6.45, 7) is 0. The van der Waals surface area contributed by atoms with Gasteiger partial charge in [0.15, 0.2) is 11.3 Å². The van der Waals surface area contributed by atoms with Crippen LogP contribution in [-0.2, 0) is 7.05 Å². The summed E-state index contributed by atoms with van der Waals surface area (Å²) in [4.78, 5) is 13.7. The van der Waals surface area contributed by atoms with E-state index in [1.807, 2.05) is 24.7 Å². The van der Waals surface area contributed by atoms with E-state index in [1.165, 1.54) is 5.56 Å². The van der Waals surface area contributed by atoms with Gasteiger partial charge in [-0.15, -0.1) is 0 Å². The molecule has 0 saturated heterocycles. The first kappa shape index (κ1) is 13.5. The summed E-state index contributed by atoms with van der Waals surface area (Å²) in [7, 11) is 3.80. The molecular weight excluding hydrogens is 302 g/mol. The molecule has 5 rings (SSSR count). The fourth-order valence-corrected chi connectivity index (χ4v) is 3.46. The van der Waals surface area contributed by atoms with Crippen LogP contribution in [-0.4, -0.2) is 26.6 Å². The van der Waals surface area contributed by atoms with Gasteiger partial charge in [-0.1, -0.05) is 30.3 Å². The molecule has 1 aliphatic rings. The molecule has 6 heteroatoms. The molecule has 0 amide bonds. The number of fused-ring (bicyclic) bond motifs is 3. The fourth-order valence-electron chi connectivity index (χ4n) is 3.46. The van der Waals surface area contributed by atoms with E-state index in [-0.39, 0.29) is 0 Å². The highest BCUT2D eigenvalue weighted by atomic mass is 16.4. The molecule has 3 heterocycles. The van der Waals surface area contributed by atoms with Crippen LogP contribution in [0.2, 0.25) is 0 Å². The third kappa shape index (κ3) is 1.86. The predicted molar refractivity (Wildman–Crippen MR) is 92.2 cm³/mol. The van der Waals surface area contributed by atoms with Gasteiger partial charge in [-0.2, -0.15) is 4.98 Å². The van der Waals surface area contributed by atoms with Crippen LogP contribution in [0.25, 0.3) is 22.3 Å². The van der Waals surface area contributed by atoms with Crippen LogP contribution < -0.4 is 5.32 Å². The lowest BCUT2D eigenvalue weighted by molar-refractivity contribution is 0.522. The molecule has 0 bridgehead atoms. The number of rotatable bonds is 3. The first-order valence-electron chi connectivity index (χ1n) is 8.10. The second kappa shape index (κ2) is 4.80. The number of hydrogen-bond donors (Lipinski definition) is 1. The van der Waals surface area contributed by atoms with E-state index in [4.69, 9.17) is 9.40 Å². The molecule has 1 aromatic carbocycles. The lowest BCUT2D eigenvalue weighted by Crippen LogP contribution is -1.95. The minimum Gasteiger partial charge on any atom is -0.422 e. The van der Waals surface area contributed by atoms with Crippen molar-refractivity contribution in [2.24, 2.45) is 7.05 Å². The van der Waals surface area contributed by atoms with Gasteiger partial charge in [0, 0.05) is 20.0 Å². The van der Waals surface area contributed by atoms with Crippen LogP contribution in [0.5, 0.6) is 0 Å². The third-order valence-electron chi connectivity index (χ3n) is 4.80. The molecule has 1 N–H and O–H groups in total. The summed E-state index contributed by atoms with van der Waals surface area (Å²) in [5, 5.41) is 3.09. The van der Waals surface area contributed by atoms with Crippen molar-refractivity contribution in [1.82, 2.24) is 19.5 Å². The third-order valence-corrected chi connectivity index (χ3v) is 4.80. The smallest absolute Gasteiger partial charge is 0.251 e. The van der Waals surface area contributed by atoms with E-state index in [9.17, 15) is 0 Å². The van der Waals surface area contributed by atoms with Crippen LogP contribution in [0.15, 0.2) is 41.1 Å². The maximum Gasteiger partial charge on any atom is 0.251 e. The molecule has 0 radical (unpaired) electrons. The second-order valence-electron chi connectivity index (χ2n) is 6.33. The van der Waals surface area contributed by atoms with Crippen LogP contribution in [0.3, 0.4) is 0 Å². The van der Waals surface area contributed by atoms with E-state index >= 15 is 0 Å². The number of oxazole rings is 1. The van der Waals surface area contributed by atoms with Crippen LogP contribution in [0, 0.1) is 0 Å². The Hall–Kier alpha value is -2.89. The number of hydrogen-bond acceptors (Lipinski definition) is 5. The number of aromatic nitrogens is 4. The van der Waals surface area contributed by atoms with Crippen molar-refractivity contribution in [2.45, 2.75) is 18.3 Å². The lowest BCUT2D eigenvalue weighted by Gasteiger charge is -2.00. The number of anilines is 1. The number of aryl methyl sites for hydroxylation is 1. The van der Waals surface area contributed by atoms with E-state index < -0.39 is 0 Å². The lowest BCUT2D eigenvalue weighted by atomic mass is 10.1. The number of imidazole rings is 1. The number of benzene rings is 1. The van der Waals surface area contributed by atoms with Gasteiger partial charge >= 0.3 is 0 Å². The van der Waals surface area contributed by atoms with Crippen LogP contribution >= 0.6 is 0 Å². The zero-order chi connectivity index (χ0) is 16.3. The Morgan fingerprint density at radius 1 is 1.12 bits per heavy atom. The summed E-state index contributed by atoms with van der Waals surface area (Å²) in [6.07, 6.45) is 2.86. The van der Waals surface area contributed by atoms with Gasteiger partial charge in [-0.25, -0.2) is 9.97 Å². The minimum absolute atomic E-state index is 0.336. The van der Waals surface area contributed by atoms with Crippen LogP contribution in [0.1, 0.15) is 29.7 Å². The van der Waals surface area contributed by atoms with Crippen molar-refractivity contribution in [3.05, 3.63) is 48.1 Å². The number of nitrogens with one attached hydrogen (secondary N) is 1. The molecule has 24 heavy (non-hydrogen) atoms. The second-order valence-corrected chi connectivity index (χ2v) is 6.33. The van der Waals surface area contributed by atoms with Crippen molar-refractivity contribution in [1.29, 1.82) is 0 Å². The van der Waals surface area contributed by atoms with E-state index in [1.54, 1.807) is 6.33 Å². The highest BCUT2D eigenvalue weighted by Gasteiger charge is 2.43. The number of pyridine rings is 1. The van der Waals surface area contributed by atoms with E-state index in [2.05, 4.69) is 39.6 Å². The summed E-state index contributed by atoms with van der Waals surface area (Å²) in [5.41, 5.74) is 4.49. The normalized spacial score (nSPS) is 19.9. The SMILES string of the molecule is CNc1nc2oc([C@@H]3C[C@H]3c3ccccc3)nc2c2c1ncn2C. The fraction of sp³-hybridized carbons (Fsp3) is 0.278. The molecule has 0 unspecified atom stereocenters. The molecule has 4 aromatic rings. The van der Waals surface area contributed by atoms with E-state index in [0.29, 0.717) is 17.5 Å². The van der Waals surface area contributed by atoms with Gasteiger partial charge in [0.1, 0.15) is 11.0 Å². The van der Waals surface area contributed by atoms with Crippen molar-refractivity contribution < 1.29 is 4.42 Å². The highest BCUT2D eigenvalue weighted by Crippen LogP contribution is 2.54. The minimum atomic E-state index is 0.336. The first-order valence-corrected chi connectivity index (χ1v) is 8.10. The quantitative estimate of drug-likeness (QED) is 0.626.